The van der Waals surface area contributed by atoms with Gasteiger partial charge in [0.25, 0.3) is 0 Å². The second-order valence-corrected chi connectivity index (χ2v) is 8.06. The minimum Gasteiger partial charge on any atom is -0.493 e. The highest BCUT2D eigenvalue weighted by atomic mass is 16.5. The molecule has 3 N–H and O–H groups in total. The van der Waals surface area contributed by atoms with Gasteiger partial charge in [0.1, 0.15) is 18.2 Å². The number of nitrogens with one attached hydrogen (secondary N) is 1. The number of nitrogen functional groups attached to an aromatic ring is 1. The Labute approximate surface area is 199 Å². The Bertz CT molecular complexity index is 1290. The zero-order valence-electron chi connectivity index (χ0n) is 20.1. The van der Waals surface area contributed by atoms with Gasteiger partial charge >= 0.3 is 0 Å². The number of methoxy groups -OCH3 is 2. The van der Waals surface area contributed by atoms with Crippen molar-refractivity contribution in [3.05, 3.63) is 42.9 Å². The number of rotatable bonds is 10. The van der Waals surface area contributed by atoms with E-state index in [4.69, 9.17) is 19.9 Å². The Morgan fingerprint density at radius 3 is 2.41 bits per heavy atom. The largest absolute Gasteiger partial charge is 0.493 e. The lowest BCUT2D eigenvalue weighted by atomic mass is 10.0. The lowest BCUT2D eigenvalue weighted by Crippen LogP contribution is -2.31. The van der Waals surface area contributed by atoms with Gasteiger partial charge in [-0.1, -0.05) is 13.8 Å². The second kappa shape index (κ2) is 10.5. The van der Waals surface area contributed by atoms with Crippen LogP contribution in [0.5, 0.6) is 17.2 Å². The first-order chi connectivity index (χ1) is 16.6. The molecule has 0 aliphatic heterocycles. The number of hydrogen-bond acceptors (Lipinski definition) is 8. The lowest BCUT2D eigenvalue weighted by molar-refractivity contribution is 0.301. The van der Waals surface area contributed by atoms with Crippen LogP contribution >= 0.6 is 0 Å². The fourth-order valence-electron chi connectivity index (χ4n) is 4.05. The normalized spacial score (nSPS) is 11.3. The van der Waals surface area contributed by atoms with E-state index in [0.717, 1.165) is 46.6 Å². The van der Waals surface area contributed by atoms with Gasteiger partial charge in [-0.05, 0) is 36.4 Å². The molecule has 0 unspecified atom stereocenters. The summed E-state index contributed by atoms with van der Waals surface area (Å²) in [5, 5.41) is 6.10. The molecule has 0 amide bonds. The van der Waals surface area contributed by atoms with Crippen molar-refractivity contribution in [2.45, 2.75) is 32.7 Å². The van der Waals surface area contributed by atoms with Gasteiger partial charge in [-0.15, -0.1) is 0 Å². The molecular weight excluding hydrogens is 430 g/mol. The van der Waals surface area contributed by atoms with Crippen LogP contribution in [0.25, 0.3) is 32.9 Å². The maximum Gasteiger partial charge on any atom is 0.162 e. The third kappa shape index (κ3) is 4.82. The SMILES string of the molecule is CCC(CC)NCCOc1cncc(-c2cc3c(cnc4cc(OC)c(OC)cc43)c(N)n2)c1. The van der Waals surface area contributed by atoms with Crippen molar-refractivity contribution in [3.63, 3.8) is 0 Å². The molecule has 4 rings (SSSR count). The van der Waals surface area contributed by atoms with E-state index in [1.165, 1.54) is 0 Å². The molecule has 3 heterocycles. The van der Waals surface area contributed by atoms with Crippen molar-refractivity contribution in [1.29, 1.82) is 0 Å². The molecule has 0 aliphatic carbocycles. The number of hydrogen-bond donors (Lipinski definition) is 2. The molecule has 0 fully saturated rings. The summed E-state index contributed by atoms with van der Waals surface area (Å²) in [4.78, 5) is 13.5. The van der Waals surface area contributed by atoms with E-state index >= 15 is 0 Å². The number of aromatic nitrogens is 3. The van der Waals surface area contributed by atoms with E-state index in [-0.39, 0.29) is 0 Å². The molecule has 0 saturated carbocycles. The number of nitrogens with zero attached hydrogens (tertiary/aromatic N) is 3. The van der Waals surface area contributed by atoms with Gasteiger partial charge in [0.05, 0.1) is 31.6 Å². The third-order valence-electron chi connectivity index (χ3n) is 6.01. The maximum atomic E-state index is 6.34. The molecule has 0 saturated heterocycles. The van der Waals surface area contributed by atoms with Crippen LogP contribution < -0.4 is 25.3 Å². The van der Waals surface area contributed by atoms with E-state index < -0.39 is 0 Å². The van der Waals surface area contributed by atoms with Gasteiger partial charge in [0.15, 0.2) is 11.5 Å². The lowest BCUT2D eigenvalue weighted by Gasteiger charge is -2.15. The minimum atomic E-state index is 0.400. The highest BCUT2D eigenvalue weighted by molar-refractivity contribution is 6.10. The van der Waals surface area contributed by atoms with Gasteiger partial charge in [-0.25, -0.2) is 4.98 Å². The first-order valence-corrected chi connectivity index (χ1v) is 11.5. The Hall–Kier alpha value is -3.65. The van der Waals surface area contributed by atoms with Crippen molar-refractivity contribution in [2.75, 3.05) is 33.1 Å². The summed E-state index contributed by atoms with van der Waals surface area (Å²) in [5.41, 5.74) is 8.65. The molecule has 0 spiro atoms. The van der Waals surface area contributed by atoms with Crippen LogP contribution in [0.4, 0.5) is 5.82 Å². The summed E-state index contributed by atoms with van der Waals surface area (Å²) < 4.78 is 16.8. The molecule has 0 atom stereocenters. The number of pyridine rings is 3. The van der Waals surface area contributed by atoms with Gasteiger partial charge in [0, 0.05) is 47.4 Å². The highest BCUT2D eigenvalue weighted by Crippen LogP contribution is 2.37. The van der Waals surface area contributed by atoms with E-state index in [0.29, 0.717) is 41.4 Å². The van der Waals surface area contributed by atoms with Crippen LogP contribution in [-0.2, 0) is 0 Å². The zero-order valence-corrected chi connectivity index (χ0v) is 20.1. The van der Waals surface area contributed by atoms with Crippen molar-refractivity contribution < 1.29 is 14.2 Å². The number of ether oxygens (including phenoxy) is 3. The van der Waals surface area contributed by atoms with Crippen LogP contribution in [0.15, 0.2) is 42.9 Å². The molecule has 34 heavy (non-hydrogen) atoms. The van der Waals surface area contributed by atoms with Crippen molar-refractivity contribution in [3.8, 4) is 28.5 Å². The Morgan fingerprint density at radius 2 is 1.68 bits per heavy atom. The van der Waals surface area contributed by atoms with E-state index in [1.54, 1.807) is 32.8 Å². The summed E-state index contributed by atoms with van der Waals surface area (Å²) in [6.07, 6.45) is 7.41. The molecule has 0 aliphatic rings. The highest BCUT2D eigenvalue weighted by Gasteiger charge is 2.14. The first-order valence-electron chi connectivity index (χ1n) is 11.5. The predicted molar refractivity (Wildman–Crippen MR) is 136 cm³/mol. The topological polar surface area (TPSA) is 104 Å². The smallest absolute Gasteiger partial charge is 0.162 e. The number of anilines is 1. The van der Waals surface area contributed by atoms with Crippen LogP contribution in [0.1, 0.15) is 26.7 Å². The summed E-state index contributed by atoms with van der Waals surface area (Å²) in [5.74, 6) is 2.34. The molecule has 3 aromatic heterocycles. The monoisotopic (exact) mass is 461 g/mol. The summed E-state index contributed by atoms with van der Waals surface area (Å²) in [7, 11) is 3.22. The van der Waals surface area contributed by atoms with Crippen molar-refractivity contribution >= 4 is 27.5 Å². The van der Waals surface area contributed by atoms with Gasteiger partial charge < -0.3 is 25.3 Å². The molecule has 8 heteroatoms. The average molecular weight is 462 g/mol. The molecule has 8 nitrogen and oxygen atoms in total. The Morgan fingerprint density at radius 1 is 0.912 bits per heavy atom. The molecule has 4 aromatic rings. The van der Waals surface area contributed by atoms with E-state index in [1.807, 2.05) is 24.3 Å². The van der Waals surface area contributed by atoms with Crippen LogP contribution in [0.3, 0.4) is 0 Å². The number of fused-ring (bicyclic) bond motifs is 3. The Balaban J connectivity index is 1.66. The maximum absolute atomic E-state index is 6.34. The number of benzene rings is 1. The molecular formula is C26H31N5O3. The minimum absolute atomic E-state index is 0.400. The fourth-order valence-corrected chi connectivity index (χ4v) is 4.05. The predicted octanol–water partition coefficient (Wildman–Crippen LogP) is 4.60. The number of nitrogens with two attached hydrogens (primary N) is 1. The van der Waals surface area contributed by atoms with Gasteiger partial charge in [-0.2, -0.15) is 0 Å². The zero-order chi connectivity index (χ0) is 24.1. The van der Waals surface area contributed by atoms with Crippen LogP contribution in [0.2, 0.25) is 0 Å². The van der Waals surface area contributed by atoms with Crippen molar-refractivity contribution in [2.24, 2.45) is 0 Å². The van der Waals surface area contributed by atoms with Crippen molar-refractivity contribution in [1.82, 2.24) is 20.3 Å². The molecule has 0 bridgehead atoms. The van der Waals surface area contributed by atoms with Crippen LogP contribution in [0, 0.1) is 0 Å². The van der Waals surface area contributed by atoms with Crippen LogP contribution in [-0.4, -0.2) is 48.4 Å². The van der Waals surface area contributed by atoms with Gasteiger partial charge in [-0.3, -0.25) is 9.97 Å². The summed E-state index contributed by atoms with van der Waals surface area (Å²) >= 11 is 0. The summed E-state index contributed by atoms with van der Waals surface area (Å²) in [6, 6.07) is 8.22. The Kier molecular flexibility index (Phi) is 7.27. The molecule has 1 aromatic carbocycles. The molecule has 178 valence electrons. The summed E-state index contributed by atoms with van der Waals surface area (Å²) in [6.45, 7) is 5.71. The quantitative estimate of drug-likeness (QED) is 0.261. The van der Waals surface area contributed by atoms with Gasteiger partial charge in [0.2, 0.25) is 0 Å². The first kappa shape index (κ1) is 23.5. The second-order valence-electron chi connectivity index (χ2n) is 8.06. The van der Waals surface area contributed by atoms with E-state index in [2.05, 4.69) is 34.1 Å². The molecule has 0 radical (unpaired) electrons. The third-order valence-corrected chi connectivity index (χ3v) is 6.01. The standard InChI is InChI=1S/C26H31N5O3/c1-5-17(6-2)29-7-8-34-18-9-16(13-28-14-18)22-10-19-20-11-24(32-3)25(33-4)12-23(20)30-15-21(19)26(27)31-22/h9-15,17,29H,5-8H2,1-4H3,(H2,27,31). The average Bonchev–Trinajstić information content (AvgIpc) is 2.87. The fraction of sp³-hybridized carbons (Fsp3) is 0.346. The van der Waals surface area contributed by atoms with E-state index in [9.17, 15) is 0 Å².